The Morgan fingerprint density at radius 1 is 1.00 bits per heavy atom. The first-order valence-electron chi connectivity index (χ1n) is 10.6. The van der Waals surface area contributed by atoms with Crippen LogP contribution in [-0.2, 0) is 16.1 Å². The number of anilines is 1. The monoisotopic (exact) mass is 469 g/mol. The Morgan fingerprint density at radius 3 is 2.24 bits per heavy atom. The number of halogens is 1. The molecule has 172 valence electrons. The van der Waals surface area contributed by atoms with Crippen molar-refractivity contribution in [3.05, 3.63) is 64.8 Å². The van der Waals surface area contributed by atoms with Gasteiger partial charge in [-0.1, -0.05) is 17.7 Å². The minimum absolute atomic E-state index is 0.0130. The second kappa shape index (κ2) is 9.25. The van der Waals surface area contributed by atoms with Crippen LogP contribution < -0.4 is 4.90 Å². The van der Waals surface area contributed by atoms with Crippen LogP contribution in [0.25, 0.3) is 10.9 Å². The molecule has 0 radical (unpaired) electrons. The maximum Gasteiger partial charge on any atom is 0.325 e. The number of hydrogen-bond donors (Lipinski definition) is 2. The zero-order chi connectivity index (χ0) is 23.7. The summed E-state index contributed by atoms with van der Waals surface area (Å²) >= 11 is 6.12. The highest BCUT2D eigenvalue weighted by Crippen LogP contribution is 2.33. The molecule has 0 saturated carbocycles. The van der Waals surface area contributed by atoms with Crippen LogP contribution in [0.3, 0.4) is 0 Å². The number of piperazine rings is 1. The van der Waals surface area contributed by atoms with Crippen LogP contribution in [0.4, 0.5) is 5.69 Å². The second-order valence-corrected chi connectivity index (χ2v) is 8.57. The maximum absolute atomic E-state index is 12.4. The first kappa shape index (κ1) is 22.8. The topological polar surface area (TPSA) is 103 Å². The Hall–Kier alpha value is -3.36. The third-order valence-electron chi connectivity index (χ3n) is 6.03. The normalized spacial score (nSPS) is 15.5. The van der Waals surface area contributed by atoms with Gasteiger partial charge in [-0.2, -0.15) is 0 Å². The summed E-state index contributed by atoms with van der Waals surface area (Å²) in [6.45, 7) is 3.54. The molecule has 2 N–H and O–H groups in total. The Bertz CT molecular complexity index is 1210. The molecule has 3 aromatic rings. The van der Waals surface area contributed by atoms with E-state index in [4.69, 9.17) is 11.6 Å². The van der Waals surface area contributed by atoms with Gasteiger partial charge >= 0.3 is 11.9 Å². The highest BCUT2D eigenvalue weighted by molar-refractivity contribution is 6.31. The van der Waals surface area contributed by atoms with E-state index < -0.39 is 18.0 Å². The van der Waals surface area contributed by atoms with Crippen LogP contribution in [-0.4, -0.2) is 63.6 Å². The van der Waals surface area contributed by atoms with Gasteiger partial charge in [0.15, 0.2) is 5.78 Å². The molecule has 0 bridgehead atoms. The molecule has 33 heavy (non-hydrogen) atoms. The molecule has 2 aromatic carbocycles. The van der Waals surface area contributed by atoms with Crippen molar-refractivity contribution in [2.24, 2.45) is 0 Å². The van der Waals surface area contributed by atoms with Crippen LogP contribution in [0.1, 0.15) is 28.9 Å². The Balaban J connectivity index is 1.59. The van der Waals surface area contributed by atoms with E-state index in [-0.39, 0.29) is 12.3 Å². The van der Waals surface area contributed by atoms with Crippen molar-refractivity contribution in [3.8, 4) is 0 Å². The Kier molecular flexibility index (Phi) is 6.40. The Labute approximate surface area is 195 Å². The van der Waals surface area contributed by atoms with Gasteiger partial charge in [0.1, 0.15) is 12.6 Å². The molecule has 2 heterocycles. The summed E-state index contributed by atoms with van der Waals surface area (Å²) in [5, 5.41) is 20.5. The van der Waals surface area contributed by atoms with Crippen molar-refractivity contribution in [3.63, 3.8) is 0 Å². The standard InChI is InChI=1S/C24H24ClN3O5/c1-15(29)16-2-5-18(6-3-16)26-8-10-27(11-9-26)23(24(32)33)20-13-28(14-22(30)31)21-12-17(25)4-7-19(20)21/h2-7,12-13,23H,8-11,14H2,1H3,(H,30,31)(H,32,33). The molecular formula is C24H24ClN3O5. The quantitative estimate of drug-likeness (QED) is 0.510. The van der Waals surface area contributed by atoms with E-state index in [2.05, 4.69) is 4.90 Å². The predicted molar refractivity (Wildman–Crippen MR) is 125 cm³/mol. The number of aliphatic carboxylic acids is 2. The number of ketones is 1. The number of benzene rings is 2. The van der Waals surface area contributed by atoms with E-state index in [1.807, 2.05) is 17.0 Å². The van der Waals surface area contributed by atoms with E-state index in [1.165, 1.54) is 11.5 Å². The molecule has 4 rings (SSSR count). The number of aromatic nitrogens is 1. The largest absolute Gasteiger partial charge is 0.480 e. The molecule has 0 aliphatic carbocycles. The molecule has 1 fully saturated rings. The number of hydrogen-bond acceptors (Lipinski definition) is 5. The second-order valence-electron chi connectivity index (χ2n) is 8.13. The lowest BCUT2D eigenvalue weighted by molar-refractivity contribution is -0.143. The van der Waals surface area contributed by atoms with Gasteiger partial charge < -0.3 is 19.7 Å². The van der Waals surface area contributed by atoms with Crippen molar-refractivity contribution < 1.29 is 24.6 Å². The predicted octanol–water partition coefficient (Wildman–Crippen LogP) is 3.53. The number of carboxylic acid groups (broad SMARTS) is 2. The number of carboxylic acids is 2. The van der Waals surface area contributed by atoms with E-state index in [0.29, 0.717) is 53.2 Å². The van der Waals surface area contributed by atoms with E-state index in [1.54, 1.807) is 36.5 Å². The van der Waals surface area contributed by atoms with Gasteiger partial charge in [0.05, 0.1) is 5.52 Å². The Morgan fingerprint density at radius 2 is 1.67 bits per heavy atom. The molecule has 8 nitrogen and oxygen atoms in total. The third kappa shape index (κ3) is 4.72. The number of carbonyl (C=O) groups is 3. The van der Waals surface area contributed by atoms with Gasteiger partial charge in [-0.05, 0) is 43.3 Å². The molecule has 0 amide bonds. The summed E-state index contributed by atoms with van der Waals surface area (Å²) in [5.41, 5.74) is 2.78. The van der Waals surface area contributed by atoms with Crippen LogP contribution in [0, 0.1) is 0 Å². The van der Waals surface area contributed by atoms with Gasteiger partial charge in [-0.15, -0.1) is 0 Å². The van der Waals surface area contributed by atoms with Gasteiger partial charge in [-0.25, -0.2) is 0 Å². The van der Waals surface area contributed by atoms with E-state index in [0.717, 1.165) is 5.69 Å². The van der Waals surface area contributed by atoms with Gasteiger partial charge in [0.25, 0.3) is 0 Å². The van der Waals surface area contributed by atoms with Crippen molar-refractivity contribution >= 4 is 45.9 Å². The van der Waals surface area contributed by atoms with Crippen molar-refractivity contribution in [2.75, 3.05) is 31.1 Å². The first-order chi connectivity index (χ1) is 15.7. The van der Waals surface area contributed by atoms with Gasteiger partial charge in [0, 0.05) is 59.6 Å². The third-order valence-corrected chi connectivity index (χ3v) is 6.26. The number of nitrogens with zero attached hydrogens (tertiary/aromatic N) is 3. The SMILES string of the molecule is CC(=O)c1ccc(N2CCN(C(C(=O)O)c3cn(CC(=O)O)c4cc(Cl)ccc34)CC2)cc1. The summed E-state index contributed by atoms with van der Waals surface area (Å²) in [4.78, 5) is 39.3. The average molecular weight is 470 g/mol. The first-order valence-corrected chi connectivity index (χ1v) is 11.0. The maximum atomic E-state index is 12.4. The number of Topliss-reactive ketones (excluding diaryl/α,β-unsaturated/α-hetero) is 1. The molecule has 1 aromatic heterocycles. The van der Waals surface area contributed by atoms with Crippen LogP contribution >= 0.6 is 11.6 Å². The van der Waals surface area contributed by atoms with Crippen molar-refractivity contribution in [2.45, 2.75) is 19.5 Å². The van der Waals surface area contributed by atoms with Gasteiger partial charge in [0.2, 0.25) is 0 Å². The fourth-order valence-electron chi connectivity index (χ4n) is 4.42. The zero-order valence-corrected chi connectivity index (χ0v) is 18.8. The average Bonchev–Trinajstić information content (AvgIpc) is 3.10. The van der Waals surface area contributed by atoms with Crippen LogP contribution in [0.15, 0.2) is 48.7 Å². The van der Waals surface area contributed by atoms with Crippen molar-refractivity contribution in [1.82, 2.24) is 9.47 Å². The van der Waals surface area contributed by atoms with Gasteiger partial charge in [-0.3, -0.25) is 19.3 Å². The lowest BCUT2D eigenvalue weighted by atomic mass is 10.0. The summed E-state index contributed by atoms with van der Waals surface area (Å²) in [5.74, 6) is -1.99. The summed E-state index contributed by atoms with van der Waals surface area (Å²) in [7, 11) is 0. The van der Waals surface area contributed by atoms with Crippen molar-refractivity contribution in [1.29, 1.82) is 0 Å². The molecule has 1 saturated heterocycles. The molecular weight excluding hydrogens is 446 g/mol. The lowest BCUT2D eigenvalue weighted by Crippen LogP contribution is -2.49. The molecule has 1 unspecified atom stereocenters. The zero-order valence-electron chi connectivity index (χ0n) is 18.1. The minimum atomic E-state index is -1.02. The number of carbonyl (C=O) groups excluding carboxylic acids is 1. The highest BCUT2D eigenvalue weighted by atomic mass is 35.5. The van der Waals surface area contributed by atoms with E-state index in [9.17, 15) is 24.6 Å². The summed E-state index contributed by atoms with van der Waals surface area (Å²) in [6, 6.07) is 11.6. The number of fused-ring (bicyclic) bond motifs is 1. The summed E-state index contributed by atoms with van der Waals surface area (Å²) < 4.78 is 1.53. The van der Waals surface area contributed by atoms with Crippen LogP contribution in [0.2, 0.25) is 5.02 Å². The fraction of sp³-hybridized carbons (Fsp3) is 0.292. The fourth-order valence-corrected chi connectivity index (χ4v) is 4.59. The summed E-state index contributed by atoms with van der Waals surface area (Å²) in [6.07, 6.45) is 1.61. The molecule has 0 spiro atoms. The van der Waals surface area contributed by atoms with Crippen LogP contribution in [0.5, 0.6) is 0 Å². The molecule has 1 atom stereocenters. The lowest BCUT2D eigenvalue weighted by Gasteiger charge is -2.38. The smallest absolute Gasteiger partial charge is 0.325 e. The molecule has 1 aliphatic heterocycles. The molecule has 1 aliphatic rings. The van der Waals surface area contributed by atoms with E-state index >= 15 is 0 Å². The molecule has 9 heteroatoms. The number of rotatable bonds is 7. The minimum Gasteiger partial charge on any atom is -0.480 e. The highest BCUT2D eigenvalue weighted by Gasteiger charge is 2.33.